The maximum Gasteiger partial charge on any atom is 0.305 e. The van der Waals surface area contributed by atoms with Gasteiger partial charge in [0.05, 0.1) is 17.1 Å². The molecule has 0 aromatic heterocycles. The number of hydrogen-bond acceptors (Lipinski definition) is 3. The zero-order chi connectivity index (χ0) is 14.6. The van der Waals surface area contributed by atoms with Gasteiger partial charge in [-0.25, -0.2) is 0 Å². The van der Waals surface area contributed by atoms with Crippen molar-refractivity contribution in [2.45, 2.75) is 26.3 Å². The molecule has 0 radical (unpaired) electrons. The third-order valence-electron chi connectivity index (χ3n) is 2.73. The smallest absolute Gasteiger partial charge is 0.305 e. The number of hydrogen-bond donors (Lipinski definition) is 2. The van der Waals surface area contributed by atoms with Crippen LogP contribution in [0.1, 0.15) is 30.6 Å². The molecule has 0 bridgehead atoms. The molecular formula is C13H17ClN2O3. The zero-order valence-corrected chi connectivity index (χ0v) is 11.6. The number of aliphatic carboxylic acids is 1. The minimum atomic E-state index is -0.865. The average Bonchev–Trinajstić information content (AvgIpc) is 2.30. The standard InChI is InChI=1S/C13H17ClN2O3/c1-8(2)16(6-5-12(17)18)11-4-3-9(13(15)19)7-10(11)14/h3-4,7-8H,5-6H2,1-2H3,(H2,15,19)(H,17,18). The van der Waals surface area contributed by atoms with Crippen LogP contribution in [0.3, 0.4) is 0 Å². The maximum atomic E-state index is 11.1. The Kier molecular flexibility index (Phi) is 5.18. The van der Waals surface area contributed by atoms with Crippen molar-refractivity contribution >= 4 is 29.2 Å². The summed E-state index contributed by atoms with van der Waals surface area (Å²) >= 11 is 6.13. The van der Waals surface area contributed by atoms with Crippen molar-refractivity contribution in [1.29, 1.82) is 0 Å². The van der Waals surface area contributed by atoms with E-state index in [-0.39, 0.29) is 12.5 Å². The molecule has 0 saturated carbocycles. The number of carbonyl (C=O) groups is 2. The Bertz CT molecular complexity index is 489. The van der Waals surface area contributed by atoms with E-state index in [0.29, 0.717) is 22.8 Å². The summed E-state index contributed by atoms with van der Waals surface area (Å²) in [4.78, 5) is 23.6. The van der Waals surface area contributed by atoms with Crippen LogP contribution in [0.2, 0.25) is 5.02 Å². The lowest BCUT2D eigenvalue weighted by molar-refractivity contribution is -0.136. The monoisotopic (exact) mass is 284 g/mol. The zero-order valence-electron chi connectivity index (χ0n) is 10.9. The Morgan fingerprint density at radius 2 is 2.05 bits per heavy atom. The number of carboxylic acids is 1. The summed E-state index contributed by atoms with van der Waals surface area (Å²) in [6.07, 6.45) is 0.0199. The topological polar surface area (TPSA) is 83.6 Å². The normalized spacial score (nSPS) is 10.5. The molecule has 1 amide bonds. The fourth-order valence-electron chi connectivity index (χ4n) is 1.77. The predicted molar refractivity (Wildman–Crippen MR) is 74.7 cm³/mol. The van der Waals surface area contributed by atoms with E-state index in [1.165, 1.54) is 6.07 Å². The van der Waals surface area contributed by atoms with Gasteiger partial charge in [-0.3, -0.25) is 9.59 Å². The van der Waals surface area contributed by atoms with Crippen LogP contribution in [0.4, 0.5) is 5.69 Å². The molecule has 0 unspecified atom stereocenters. The fourth-order valence-corrected chi connectivity index (χ4v) is 2.06. The summed E-state index contributed by atoms with van der Waals surface area (Å²) < 4.78 is 0. The van der Waals surface area contributed by atoms with Gasteiger partial charge in [-0.1, -0.05) is 11.6 Å². The van der Waals surface area contributed by atoms with E-state index < -0.39 is 11.9 Å². The SMILES string of the molecule is CC(C)N(CCC(=O)O)c1ccc(C(N)=O)cc1Cl. The van der Waals surface area contributed by atoms with E-state index >= 15 is 0 Å². The van der Waals surface area contributed by atoms with Crippen molar-refractivity contribution in [3.63, 3.8) is 0 Å². The van der Waals surface area contributed by atoms with Crippen molar-refractivity contribution in [2.24, 2.45) is 5.73 Å². The van der Waals surface area contributed by atoms with Crippen LogP contribution in [0, 0.1) is 0 Å². The molecule has 0 aliphatic rings. The number of rotatable bonds is 6. The lowest BCUT2D eigenvalue weighted by Gasteiger charge is -2.29. The number of nitrogens with two attached hydrogens (primary N) is 1. The highest BCUT2D eigenvalue weighted by atomic mass is 35.5. The van der Waals surface area contributed by atoms with Gasteiger partial charge < -0.3 is 15.7 Å². The van der Waals surface area contributed by atoms with Gasteiger partial charge >= 0.3 is 5.97 Å². The van der Waals surface area contributed by atoms with Crippen molar-refractivity contribution in [1.82, 2.24) is 0 Å². The number of halogens is 1. The van der Waals surface area contributed by atoms with Crippen LogP contribution in [-0.2, 0) is 4.79 Å². The van der Waals surface area contributed by atoms with Crippen LogP contribution < -0.4 is 10.6 Å². The second kappa shape index (κ2) is 6.43. The molecule has 19 heavy (non-hydrogen) atoms. The Labute approximate surface area is 117 Å². The first-order chi connectivity index (χ1) is 8.82. The quantitative estimate of drug-likeness (QED) is 0.838. The lowest BCUT2D eigenvalue weighted by Crippen LogP contribution is -2.33. The van der Waals surface area contributed by atoms with Gasteiger partial charge in [-0.05, 0) is 32.0 Å². The van der Waals surface area contributed by atoms with E-state index in [0.717, 1.165) is 0 Å². The van der Waals surface area contributed by atoms with Gasteiger partial charge in [0.25, 0.3) is 0 Å². The first-order valence-electron chi connectivity index (χ1n) is 5.90. The van der Waals surface area contributed by atoms with Crippen LogP contribution in [0.25, 0.3) is 0 Å². The number of primary amides is 1. The molecule has 1 aromatic rings. The van der Waals surface area contributed by atoms with Crippen molar-refractivity contribution in [3.05, 3.63) is 28.8 Å². The molecule has 5 nitrogen and oxygen atoms in total. The summed E-state index contributed by atoms with van der Waals surface area (Å²) in [5.74, 6) is -1.41. The largest absolute Gasteiger partial charge is 0.481 e. The fraction of sp³-hybridized carbons (Fsp3) is 0.385. The lowest BCUT2D eigenvalue weighted by atomic mass is 10.1. The molecule has 0 fully saturated rings. The van der Waals surface area contributed by atoms with Gasteiger partial charge in [0, 0.05) is 18.2 Å². The van der Waals surface area contributed by atoms with Gasteiger partial charge in [-0.2, -0.15) is 0 Å². The molecule has 104 valence electrons. The van der Waals surface area contributed by atoms with Gasteiger partial charge in [0.15, 0.2) is 0 Å². The Hall–Kier alpha value is -1.75. The average molecular weight is 285 g/mol. The van der Waals surface area contributed by atoms with Crippen molar-refractivity contribution in [2.75, 3.05) is 11.4 Å². The molecule has 0 spiro atoms. The minimum absolute atomic E-state index is 0.0199. The Balaban J connectivity index is 3.02. The number of benzene rings is 1. The molecular weight excluding hydrogens is 268 g/mol. The number of nitrogens with zero attached hydrogens (tertiary/aromatic N) is 1. The molecule has 0 aliphatic carbocycles. The summed E-state index contributed by atoms with van der Waals surface area (Å²) in [6, 6.07) is 4.86. The van der Waals surface area contributed by atoms with Gasteiger partial charge in [0.2, 0.25) is 5.91 Å². The highest BCUT2D eigenvalue weighted by Crippen LogP contribution is 2.28. The van der Waals surface area contributed by atoms with Crippen LogP contribution in [0.5, 0.6) is 0 Å². The molecule has 0 aliphatic heterocycles. The molecule has 0 heterocycles. The van der Waals surface area contributed by atoms with Gasteiger partial charge in [0.1, 0.15) is 0 Å². The summed E-state index contributed by atoms with van der Waals surface area (Å²) in [6.45, 7) is 4.24. The Morgan fingerprint density at radius 3 is 2.47 bits per heavy atom. The summed E-state index contributed by atoms with van der Waals surface area (Å²) in [5, 5.41) is 9.14. The van der Waals surface area contributed by atoms with Crippen molar-refractivity contribution < 1.29 is 14.7 Å². The molecule has 0 saturated heterocycles. The van der Waals surface area contributed by atoms with Crippen LogP contribution in [0.15, 0.2) is 18.2 Å². The third-order valence-corrected chi connectivity index (χ3v) is 3.03. The molecule has 0 atom stereocenters. The highest BCUT2D eigenvalue weighted by molar-refractivity contribution is 6.33. The van der Waals surface area contributed by atoms with Crippen molar-refractivity contribution in [3.8, 4) is 0 Å². The molecule has 1 aromatic carbocycles. The third kappa shape index (κ3) is 4.13. The minimum Gasteiger partial charge on any atom is -0.481 e. The first-order valence-corrected chi connectivity index (χ1v) is 6.28. The predicted octanol–water partition coefficient (Wildman–Crippen LogP) is 2.13. The molecule has 6 heteroatoms. The van der Waals surface area contributed by atoms with Gasteiger partial charge in [-0.15, -0.1) is 0 Å². The maximum absolute atomic E-state index is 11.1. The number of anilines is 1. The van der Waals surface area contributed by atoms with Crippen LogP contribution in [-0.4, -0.2) is 29.6 Å². The summed E-state index contributed by atoms with van der Waals surface area (Å²) in [5.41, 5.74) is 6.20. The molecule has 1 rings (SSSR count). The van der Waals surface area contributed by atoms with E-state index in [4.69, 9.17) is 22.4 Å². The highest BCUT2D eigenvalue weighted by Gasteiger charge is 2.16. The van der Waals surface area contributed by atoms with E-state index in [2.05, 4.69) is 0 Å². The second-order valence-electron chi connectivity index (χ2n) is 4.46. The number of carbonyl (C=O) groups excluding carboxylic acids is 1. The van der Waals surface area contributed by atoms with Crippen LogP contribution >= 0.6 is 11.6 Å². The number of amides is 1. The van der Waals surface area contributed by atoms with E-state index in [1.54, 1.807) is 12.1 Å². The Morgan fingerprint density at radius 1 is 1.42 bits per heavy atom. The number of carboxylic acid groups (broad SMARTS) is 1. The summed E-state index contributed by atoms with van der Waals surface area (Å²) in [7, 11) is 0. The molecule has 3 N–H and O–H groups in total. The second-order valence-corrected chi connectivity index (χ2v) is 4.87. The van der Waals surface area contributed by atoms with E-state index in [9.17, 15) is 9.59 Å². The first kappa shape index (κ1) is 15.3. The van der Waals surface area contributed by atoms with E-state index in [1.807, 2.05) is 18.7 Å².